The summed E-state index contributed by atoms with van der Waals surface area (Å²) >= 11 is 0. The Morgan fingerprint density at radius 2 is 1.71 bits per heavy atom. The number of hydrogen-bond donors (Lipinski definition) is 1. The number of carbonyl (C=O) groups is 2. The molecule has 1 N–H and O–H groups in total. The van der Waals surface area contributed by atoms with E-state index in [2.05, 4.69) is 5.32 Å². The lowest BCUT2D eigenvalue weighted by atomic mass is 9.94. The Morgan fingerprint density at radius 3 is 2.43 bits per heavy atom. The van der Waals surface area contributed by atoms with E-state index in [-0.39, 0.29) is 17.7 Å². The Balaban J connectivity index is 1.47. The standard InChI is InChI=1S/C17H28N2O2/c20-16-10-14(12-19(16)15-8-2-1-3-9-15)17(21)18-11-13-6-4-5-7-13/h13-15H,1-12H2,(H,18,21). The van der Waals surface area contributed by atoms with Crippen LogP contribution in [0.1, 0.15) is 64.2 Å². The molecule has 118 valence electrons. The van der Waals surface area contributed by atoms with Crippen LogP contribution in [0.4, 0.5) is 0 Å². The van der Waals surface area contributed by atoms with E-state index in [1.807, 2.05) is 4.90 Å². The topological polar surface area (TPSA) is 49.4 Å². The predicted molar refractivity (Wildman–Crippen MR) is 81.7 cm³/mol. The van der Waals surface area contributed by atoms with Crippen LogP contribution in [0.3, 0.4) is 0 Å². The van der Waals surface area contributed by atoms with Crippen molar-refractivity contribution in [3.05, 3.63) is 0 Å². The lowest BCUT2D eigenvalue weighted by molar-refractivity contribution is -0.130. The molecule has 1 atom stereocenters. The average molecular weight is 292 g/mol. The van der Waals surface area contributed by atoms with Gasteiger partial charge in [-0.15, -0.1) is 0 Å². The van der Waals surface area contributed by atoms with Crippen LogP contribution in [0.2, 0.25) is 0 Å². The molecular weight excluding hydrogens is 264 g/mol. The molecule has 2 aliphatic carbocycles. The summed E-state index contributed by atoms with van der Waals surface area (Å²) in [6.07, 6.45) is 11.5. The summed E-state index contributed by atoms with van der Waals surface area (Å²) in [5, 5.41) is 3.09. The summed E-state index contributed by atoms with van der Waals surface area (Å²) in [5.74, 6) is 0.859. The molecule has 0 spiro atoms. The Bertz CT molecular complexity index is 384. The lowest BCUT2D eigenvalue weighted by Crippen LogP contribution is -2.39. The van der Waals surface area contributed by atoms with Crippen LogP contribution in [-0.4, -0.2) is 35.8 Å². The first-order valence-corrected chi connectivity index (χ1v) is 8.81. The molecule has 2 amide bonds. The first kappa shape index (κ1) is 14.9. The van der Waals surface area contributed by atoms with Gasteiger partial charge in [0.1, 0.15) is 0 Å². The van der Waals surface area contributed by atoms with E-state index in [0.717, 1.165) is 19.4 Å². The van der Waals surface area contributed by atoms with E-state index < -0.39 is 0 Å². The van der Waals surface area contributed by atoms with Crippen molar-refractivity contribution < 1.29 is 9.59 Å². The maximum atomic E-state index is 12.3. The SMILES string of the molecule is O=C(NCC1CCCC1)C1CC(=O)N(C2CCCCC2)C1. The molecule has 1 heterocycles. The summed E-state index contributed by atoms with van der Waals surface area (Å²) in [4.78, 5) is 26.5. The highest BCUT2D eigenvalue weighted by molar-refractivity contribution is 5.89. The highest BCUT2D eigenvalue weighted by atomic mass is 16.2. The molecule has 4 nitrogen and oxygen atoms in total. The molecule has 1 unspecified atom stereocenters. The van der Waals surface area contributed by atoms with E-state index >= 15 is 0 Å². The van der Waals surface area contributed by atoms with Crippen molar-refractivity contribution in [2.24, 2.45) is 11.8 Å². The molecule has 0 radical (unpaired) electrons. The second kappa shape index (κ2) is 6.80. The fourth-order valence-electron chi connectivity index (χ4n) is 4.26. The molecule has 0 aromatic heterocycles. The Kier molecular flexibility index (Phi) is 4.81. The van der Waals surface area contributed by atoms with Crippen LogP contribution in [0.15, 0.2) is 0 Å². The van der Waals surface area contributed by atoms with Gasteiger partial charge in [-0.1, -0.05) is 32.1 Å². The number of nitrogens with one attached hydrogen (secondary N) is 1. The average Bonchev–Trinajstić information content (AvgIpc) is 3.15. The van der Waals surface area contributed by atoms with Gasteiger partial charge in [0.2, 0.25) is 11.8 Å². The molecule has 0 bridgehead atoms. The van der Waals surface area contributed by atoms with E-state index in [1.165, 1.54) is 44.9 Å². The highest BCUT2D eigenvalue weighted by Gasteiger charge is 2.38. The third-order valence-electron chi connectivity index (χ3n) is 5.58. The van der Waals surface area contributed by atoms with E-state index in [0.29, 0.717) is 24.9 Å². The number of nitrogens with zero attached hydrogens (tertiary/aromatic N) is 1. The number of rotatable bonds is 4. The van der Waals surface area contributed by atoms with Gasteiger partial charge in [0.05, 0.1) is 5.92 Å². The monoisotopic (exact) mass is 292 g/mol. The van der Waals surface area contributed by atoms with Crippen molar-refractivity contribution >= 4 is 11.8 Å². The summed E-state index contributed by atoms with van der Waals surface area (Å²) in [5.41, 5.74) is 0. The number of likely N-dealkylation sites (tertiary alicyclic amines) is 1. The minimum Gasteiger partial charge on any atom is -0.356 e. The molecule has 3 aliphatic rings. The van der Waals surface area contributed by atoms with Gasteiger partial charge < -0.3 is 10.2 Å². The molecule has 3 fully saturated rings. The van der Waals surface area contributed by atoms with Crippen LogP contribution >= 0.6 is 0 Å². The molecule has 1 saturated heterocycles. The van der Waals surface area contributed by atoms with Gasteiger partial charge in [0.15, 0.2) is 0 Å². The zero-order valence-corrected chi connectivity index (χ0v) is 13.0. The molecule has 2 saturated carbocycles. The Hall–Kier alpha value is -1.06. The fourth-order valence-corrected chi connectivity index (χ4v) is 4.26. The lowest BCUT2D eigenvalue weighted by Gasteiger charge is -2.31. The zero-order valence-electron chi connectivity index (χ0n) is 13.0. The maximum Gasteiger partial charge on any atom is 0.225 e. The molecule has 1 aliphatic heterocycles. The second-order valence-corrected chi connectivity index (χ2v) is 7.13. The van der Waals surface area contributed by atoms with Crippen LogP contribution in [-0.2, 0) is 9.59 Å². The molecule has 21 heavy (non-hydrogen) atoms. The molecule has 4 heteroatoms. The molecule has 0 aromatic carbocycles. The van der Waals surface area contributed by atoms with Crippen molar-refractivity contribution in [3.63, 3.8) is 0 Å². The van der Waals surface area contributed by atoms with Crippen LogP contribution in [0.5, 0.6) is 0 Å². The minimum atomic E-state index is -0.110. The zero-order chi connectivity index (χ0) is 14.7. The van der Waals surface area contributed by atoms with Gasteiger partial charge in [-0.3, -0.25) is 9.59 Å². The normalized spacial score (nSPS) is 28.3. The summed E-state index contributed by atoms with van der Waals surface area (Å²) in [7, 11) is 0. The third kappa shape index (κ3) is 3.58. The molecule has 3 rings (SSSR count). The summed E-state index contributed by atoms with van der Waals surface area (Å²) < 4.78 is 0. The largest absolute Gasteiger partial charge is 0.356 e. The maximum absolute atomic E-state index is 12.3. The van der Waals surface area contributed by atoms with Gasteiger partial charge in [0, 0.05) is 25.6 Å². The predicted octanol–water partition coefficient (Wildman–Crippen LogP) is 2.47. The first-order chi connectivity index (χ1) is 10.2. The van der Waals surface area contributed by atoms with Crippen molar-refractivity contribution in [2.45, 2.75) is 70.3 Å². The Labute approximate surface area is 127 Å². The summed E-state index contributed by atoms with van der Waals surface area (Å²) in [6.45, 7) is 1.47. The van der Waals surface area contributed by atoms with Gasteiger partial charge >= 0.3 is 0 Å². The minimum absolute atomic E-state index is 0.105. The number of hydrogen-bond acceptors (Lipinski definition) is 2. The van der Waals surface area contributed by atoms with Gasteiger partial charge in [-0.2, -0.15) is 0 Å². The van der Waals surface area contributed by atoms with Crippen molar-refractivity contribution in [2.75, 3.05) is 13.1 Å². The van der Waals surface area contributed by atoms with E-state index in [1.54, 1.807) is 0 Å². The van der Waals surface area contributed by atoms with Gasteiger partial charge in [0.25, 0.3) is 0 Å². The van der Waals surface area contributed by atoms with Gasteiger partial charge in [-0.25, -0.2) is 0 Å². The van der Waals surface area contributed by atoms with E-state index in [9.17, 15) is 9.59 Å². The molecular formula is C17H28N2O2. The van der Waals surface area contributed by atoms with Crippen molar-refractivity contribution in [1.29, 1.82) is 0 Å². The number of amides is 2. The third-order valence-corrected chi connectivity index (χ3v) is 5.58. The van der Waals surface area contributed by atoms with Crippen LogP contribution < -0.4 is 5.32 Å². The Morgan fingerprint density at radius 1 is 1.05 bits per heavy atom. The highest BCUT2D eigenvalue weighted by Crippen LogP contribution is 2.29. The van der Waals surface area contributed by atoms with Gasteiger partial charge in [-0.05, 0) is 31.6 Å². The quantitative estimate of drug-likeness (QED) is 0.865. The first-order valence-electron chi connectivity index (χ1n) is 8.81. The van der Waals surface area contributed by atoms with Crippen LogP contribution in [0, 0.1) is 11.8 Å². The van der Waals surface area contributed by atoms with Crippen LogP contribution in [0.25, 0.3) is 0 Å². The number of carbonyl (C=O) groups excluding carboxylic acids is 2. The molecule has 0 aromatic rings. The van der Waals surface area contributed by atoms with Crippen molar-refractivity contribution in [1.82, 2.24) is 10.2 Å². The fraction of sp³-hybridized carbons (Fsp3) is 0.882. The van der Waals surface area contributed by atoms with Crippen molar-refractivity contribution in [3.8, 4) is 0 Å². The van der Waals surface area contributed by atoms with E-state index in [4.69, 9.17) is 0 Å². The second-order valence-electron chi connectivity index (χ2n) is 7.13. The smallest absolute Gasteiger partial charge is 0.225 e. The summed E-state index contributed by atoms with van der Waals surface area (Å²) in [6, 6.07) is 0.402.